The fraction of sp³-hybridized carbons (Fsp3) is 0.846. The van der Waals surface area contributed by atoms with E-state index in [4.69, 9.17) is 4.74 Å². The van der Waals surface area contributed by atoms with Crippen LogP contribution < -0.4 is 5.32 Å². The molecule has 1 N–H and O–H groups in total. The second kappa shape index (κ2) is 6.06. The summed E-state index contributed by atoms with van der Waals surface area (Å²) in [6.07, 6.45) is 6.23. The molecule has 0 saturated heterocycles. The van der Waals surface area contributed by atoms with Crippen molar-refractivity contribution in [3.63, 3.8) is 0 Å². The van der Waals surface area contributed by atoms with E-state index < -0.39 is 14.6 Å². The van der Waals surface area contributed by atoms with Gasteiger partial charge in [0.1, 0.15) is 5.76 Å². The lowest BCUT2D eigenvalue weighted by Gasteiger charge is -2.35. The zero-order valence-corrected chi connectivity index (χ0v) is 12.6. The van der Waals surface area contributed by atoms with Gasteiger partial charge in [-0.1, -0.05) is 6.92 Å². The quantitative estimate of drug-likeness (QED) is 0.804. The molecular formula is C13H25NO3S. The molecule has 4 nitrogen and oxygen atoms in total. The molecule has 1 heterocycles. The number of hydrogen-bond donors (Lipinski definition) is 1. The van der Waals surface area contributed by atoms with Gasteiger partial charge in [-0.3, -0.25) is 0 Å². The summed E-state index contributed by atoms with van der Waals surface area (Å²) < 4.78 is 28.7. The van der Waals surface area contributed by atoms with Gasteiger partial charge in [0.2, 0.25) is 0 Å². The lowest BCUT2D eigenvalue weighted by molar-refractivity contribution is 0.158. The van der Waals surface area contributed by atoms with Crippen LogP contribution >= 0.6 is 0 Å². The second-order valence-corrected chi connectivity index (χ2v) is 7.96. The van der Waals surface area contributed by atoms with E-state index in [1.807, 2.05) is 6.08 Å². The van der Waals surface area contributed by atoms with Crippen LogP contribution in [-0.4, -0.2) is 38.6 Å². The van der Waals surface area contributed by atoms with E-state index in [-0.39, 0.29) is 6.04 Å². The van der Waals surface area contributed by atoms with E-state index in [2.05, 4.69) is 12.2 Å². The van der Waals surface area contributed by atoms with Crippen LogP contribution in [0.15, 0.2) is 11.8 Å². The maximum absolute atomic E-state index is 12.0. The van der Waals surface area contributed by atoms with Crippen LogP contribution in [0.2, 0.25) is 0 Å². The lowest BCUT2D eigenvalue weighted by atomic mass is 9.99. The predicted octanol–water partition coefficient (Wildman–Crippen LogP) is 1.87. The maximum Gasteiger partial charge on any atom is 0.154 e. The Morgan fingerprint density at radius 1 is 1.50 bits per heavy atom. The zero-order valence-electron chi connectivity index (χ0n) is 11.8. The van der Waals surface area contributed by atoms with Gasteiger partial charge >= 0.3 is 0 Å². The number of nitrogens with one attached hydrogen (secondary N) is 1. The molecular weight excluding hydrogens is 250 g/mol. The molecule has 1 unspecified atom stereocenters. The van der Waals surface area contributed by atoms with Crippen molar-refractivity contribution in [2.45, 2.75) is 50.8 Å². The molecule has 0 aromatic carbocycles. The minimum absolute atomic E-state index is 0.271. The van der Waals surface area contributed by atoms with Gasteiger partial charge in [0, 0.05) is 6.26 Å². The van der Waals surface area contributed by atoms with Gasteiger partial charge in [0.15, 0.2) is 9.84 Å². The average molecular weight is 275 g/mol. The van der Waals surface area contributed by atoms with E-state index in [1.165, 1.54) is 6.26 Å². The fourth-order valence-electron chi connectivity index (χ4n) is 1.97. The first-order valence-electron chi connectivity index (χ1n) is 6.56. The number of sulfone groups is 1. The number of allylic oxidation sites excluding steroid dienone is 1. The van der Waals surface area contributed by atoms with Gasteiger partial charge in [-0.15, -0.1) is 0 Å². The summed E-state index contributed by atoms with van der Waals surface area (Å²) in [6, 6.07) is -0.271. The van der Waals surface area contributed by atoms with Crippen molar-refractivity contribution in [1.82, 2.24) is 5.32 Å². The summed E-state index contributed by atoms with van der Waals surface area (Å²) in [5.41, 5.74) is 0. The van der Waals surface area contributed by atoms with Crippen LogP contribution in [0, 0.1) is 0 Å². The molecule has 1 atom stereocenters. The van der Waals surface area contributed by atoms with Crippen molar-refractivity contribution in [2.24, 2.45) is 0 Å². The molecule has 1 aliphatic rings. The zero-order chi connectivity index (χ0) is 13.8. The molecule has 1 aliphatic heterocycles. The van der Waals surface area contributed by atoms with Crippen molar-refractivity contribution < 1.29 is 13.2 Å². The molecule has 0 aromatic heterocycles. The van der Waals surface area contributed by atoms with Crippen molar-refractivity contribution in [2.75, 3.05) is 19.4 Å². The molecule has 0 amide bonds. The Bertz CT molecular complexity index is 398. The first kappa shape index (κ1) is 15.5. The van der Waals surface area contributed by atoms with Crippen LogP contribution in [0.1, 0.15) is 40.0 Å². The van der Waals surface area contributed by atoms with E-state index in [9.17, 15) is 8.42 Å². The van der Waals surface area contributed by atoms with Gasteiger partial charge in [-0.25, -0.2) is 8.42 Å². The summed E-state index contributed by atoms with van der Waals surface area (Å²) >= 11 is 0. The summed E-state index contributed by atoms with van der Waals surface area (Å²) in [6.45, 7) is 7.04. The van der Waals surface area contributed by atoms with Crippen LogP contribution in [0.4, 0.5) is 0 Å². The third-order valence-corrected chi connectivity index (χ3v) is 5.64. The SMILES string of the molecule is CCCNC(C1=CCCCO1)C(C)(C)S(C)(=O)=O. The van der Waals surface area contributed by atoms with E-state index in [1.54, 1.807) is 13.8 Å². The highest BCUT2D eigenvalue weighted by Gasteiger charge is 2.41. The first-order chi connectivity index (χ1) is 8.30. The normalized spacial score (nSPS) is 19.0. The Hall–Kier alpha value is -0.550. The van der Waals surface area contributed by atoms with Gasteiger partial charge in [0.25, 0.3) is 0 Å². The van der Waals surface area contributed by atoms with Crippen molar-refractivity contribution >= 4 is 9.84 Å². The highest BCUT2D eigenvalue weighted by molar-refractivity contribution is 7.92. The maximum atomic E-state index is 12.0. The smallest absolute Gasteiger partial charge is 0.154 e. The molecule has 0 radical (unpaired) electrons. The minimum atomic E-state index is -3.16. The van der Waals surface area contributed by atoms with Gasteiger partial charge < -0.3 is 10.1 Å². The standard InChI is InChI=1S/C13H25NO3S/c1-5-9-14-12(11-8-6-7-10-17-11)13(2,3)18(4,15)16/h8,12,14H,5-7,9-10H2,1-4H3. The molecule has 106 valence electrons. The molecule has 0 bridgehead atoms. The summed E-state index contributed by atoms with van der Waals surface area (Å²) in [7, 11) is -3.16. The average Bonchev–Trinajstić information content (AvgIpc) is 2.29. The highest BCUT2D eigenvalue weighted by atomic mass is 32.2. The molecule has 0 aliphatic carbocycles. The van der Waals surface area contributed by atoms with Crippen molar-refractivity contribution in [3.05, 3.63) is 11.8 Å². The highest BCUT2D eigenvalue weighted by Crippen LogP contribution is 2.28. The predicted molar refractivity (Wildman–Crippen MR) is 74.3 cm³/mol. The van der Waals surface area contributed by atoms with E-state index in [0.717, 1.165) is 31.6 Å². The van der Waals surface area contributed by atoms with Crippen molar-refractivity contribution in [3.8, 4) is 0 Å². The van der Waals surface area contributed by atoms with Gasteiger partial charge in [-0.05, 0) is 45.7 Å². The number of hydrogen-bond acceptors (Lipinski definition) is 4. The third-order valence-electron chi connectivity index (χ3n) is 3.50. The number of rotatable bonds is 6. The monoisotopic (exact) mass is 275 g/mol. The van der Waals surface area contributed by atoms with Gasteiger partial charge in [0.05, 0.1) is 17.4 Å². The Labute approximate surface area is 111 Å². The number of ether oxygens (including phenoxy) is 1. The second-order valence-electron chi connectivity index (χ2n) is 5.36. The van der Waals surface area contributed by atoms with E-state index in [0.29, 0.717) is 6.61 Å². The molecule has 0 spiro atoms. The molecule has 0 saturated carbocycles. The molecule has 0 aromatic rings. The van der Waals surface area contributed by atoms with Crippen LogP contribution in [-0.2, 0) is 14.6 Å². The van der Waals surface area contributed by atoms with Crippen molar-refractivity contribution in [1.29, 1.82) is 0 Å². The molecule has 0 fully saturated rings. The van der Waals surface area contributed by atoms with Crippen LogP contribution in [0.3, 0.4) is 0 Å². The first-order valence-corrected chi connectivity index (χ1v) is 8.45. The Morgan fingerprint density at radius 2 is 2.17 bits per heavy atom. The summed E-state index contributed by atoms with van der Waals surface area (Å²) in [4.78, 5) is 0. The lowest BCUT2D eigenvalue weighted by Crippen LogP contribution is -2.53. The fourth-order valence-corrected chi connectivity index (χ4v) is 2.60. The third kappa shape index (κ3) is 3.48. The Morgan fingerprint density at radius 3 is 2.61 bits per heavy atom. The summed E-state index contributed by atoms with van der Waals surface area (Å²) in [5, 5.41) is 3.31. The van der Waals surface area contributed by atoms with E-state index >= 15 is 0 Å². The molecule has 5 heteroatoms. The topological polar surface area (TPSA) is 55.4 Å². The Kier molecular flexibility index (Phi) is 5.22. The Balaban J connectivity index is 3.00. The van der Waals surface area contributed by atoms with Crippen LogP contribution in [0.5, 0.6) is 0 Å². The molecule has 18 heavy (non-hydrogen) atoms. The summed E-state index contributed by atoms with van der Waals surface area (Å²) in [5.74, 6) is 0.783. The van der Waals surface area contributed by atoms with Gasteiger partial charge in [-0.2, -0.15) is 0 Å². The largest absolute Gasteiger partial charge is 0.497 e. The molecule has 1 rings (SSSR count). The minimum Gasteiger partial charge on any atom is -0.497 e. The van der Waals surface area contributed by atoms with Crippen LogP contribution in [0.25, 0.3) is 0 Å².